The zero-order valence-corrected chi connectivity index (χ0v) is 17.4. The summed E-state index contributed by atoms with van der Waals surface area (Å²) in [4.78, 5) is 23.4. The van der Waals surface area contributed by atoms with Gasteiger partial charge in [0.2, 0.25) is 5.91 Å². The number of benzene rings is 2. The summed E-state index contributed by atoms with van der Waals surface area (Å²) in [5, 5.41) is 1.01. The van der Waals surface area contributed by atoms with E-state index in [9.17, 15) is 9.59 Å². The summed E-state index contributed by atoms with van der Waals surface area (Å²) in [5.41, 5.74) is 9.14. The van der Waals surface area contributed by atoms with Gasteiger partial charge in [0.05, 0.1) is 7.11 Å². The van der Waals surface area contributed by atoms with Crippen molar-refractivity contribution in [1.82, 2.24) is 4.57 Å². The molecule has 0 bridgehead atoms. The lowest BCUT2D eigenvalue weighted by Gasteiger charge is -2.23. The molecule has 0 aliphatic carbocycles. The second kappa shape index (κ2) is 7.62. The number of amides is 1. The third kappa shape index (κ3) is 3.97. The highest BCUT2D eigenvalue weighted by atomic mass is 16.6. The highest BCUT2D eigenvalue weighted by Crippen LogP contribution is 2.28. The molecule has 3 aromatic rings. The molecule has 0 saturated carbocycles. The van der Waals surface area contributed by atoms with Crippen LogP contribution < -0.4 is 10.5 Å². The Labute approximate surface area is 170 Å². The van der Waals surface area contributed by atoms with E-state index >= 15 is 0 Å². The van der Waals surface area contributed by atoms with Crippen molar-refractivity contribution in [2.45, 2.75) is 39.8 Å². The third-order valence-corrected chi connectivity index (χ3v) is 5.21. The Morgan fingerprint density at radius 3 is 2.48 bits per heavy atom. The molecule has 1 aromatic heterocycles. The van der Waals surface area contributed by atoms with Crippen molar-refractivity contribution in [2.75, 3.05) is 7.11 Å². The molecule has 1 heterocycles. The molecule has 0 radical (unpaired) electrons. The van der Waals surface area contributed by atoms with Gasteiger partial charge < -0.3 is 19.8 Å². The van der Waals surface area contributed by atoms with Gasteiger partial charge in [-0.3, -0.25) is 4.79 Å². The monoisotopic (exact) mass is 394 g/mol. The lowest BCUT2D eigenvalue weighted by atomic mass is 10.1. The third-order valence-electron chi connectivity index (χ3n) is 5.21. The van der Waals surface area contributed by atoms with E-state index in [0.29, 0.717) is 17.9 Å². The number of primary amides is 1. The summed E-state index contributed by atoms with van der Waals surface area (Å²) in [6.07, 6.45) is 0. The lowest BCUT2D eigenvalue weighted by Crippen LogP contribution is -2.39. The van der Waals surface area contributed by atoms with E-state index in [0.717, 1.165) is 27.7 Å². The molecule has 2 N–H and O–H groups in total. The predicted octanol–water partition coefficient (Wildman–Crippen LogP) is 3.74. The quantitative estimate of drug-likeness (QED) is 0.646. The molecule has 3 rings (SSSR count). The molecular formula is C23H26N2O4. The molecule has 6 heteroatoms. The second-order valence-corrected chi connectivity index (χ2v) is 7.64. The Balaban J connectivity index is 1.95. The molecule has 0 aliphatic rings. The van der Waals surface area contributed by atoms with Gasteiger partial charge in [0, 0.05) is 28.7 Å². The first-order chi connectivity index (χ1) is 13.6. The van der Waals surface area contributed by atoms with Gasteiger partial charge in [-0.15, -0.1) is 0 Å². The maximum atomic E-state index is 11.9. The van der Waals surface area contributed by atoms with Gasteiger partial charge in [-0.25, -0.2) is 4.79 Å². The Bertz CT molecular complexity index is 1100. The van der Waals surface area contributed by atoms with Crippen LogP contribution >= 0.6 is 0 Å². The SMILES string of the molecule is COC(=O)C(C)(C)Oc1cccc(Cn2c(C)c(C)c3cc(C(N)=O)ccc32)c1. The first kappa shape index (κ1) is 20.5. The summed E-state index contributed by atoms with van der Waals surface area (Å²) in [6.45, 7) is 8.07. The smallest absolute Gasteiger partial charge is 0.349 e. The van der Waals surface area contributed by atoms with Gasteiger partial charge in [0.15, 0.2) is 5.60 Å². The number of nitrogens with two attached hydrogens (primary N) is 1. The molecule has 0 fully saturated rings. The van der Waals surface area contributed by atoms with E-state index in [1.54, 1.807) is 19.9 Å². The molecule has 152 valence electrons. The van der Waals surface area contributed by atoms with Crippen molar-refractivity contribution < 1.29 is 19.1 Å². The van der Waals surface area contributed by atoms with Crippen LogP contribution in [0.25, 0.3) is 10.9 Å². The lowest BCUT2D eigenvalue weighted by molar-refractivity contribution is -0.156. The summed E-state index contributed by atoms with van der Waals surface area (Å²) in [5.74, 6) is -0.273. The molecule has 6 nitrogen and oxygen atoms in total. The van der Waals surface area contributed by atoms with Gasteiger partial charge in [0.25, 0.3) is 0 Å². The van der Waals surface area contributed by atoms with Crippen LogP contribution in [0.15, 0.2) is 42.5 Å². The Hall–Kier alpha value is -3.28. The number of carbonyl (C=O) groups excluding carboxylic acids is 2. The largest absolute Gasteiger partial charge is 0.476 e. The maximum Gasteiger partial charge on any atom is 0.349 e. The van der Waals surface area contributed by atoms with Crippen LogP contribution in [0.3, 0.4) is 0 Å². The van der Waals surface area contributed by atoms with Crippen LogP contribution in [0.4, 0.5) is 0 Å². The minimum absolute atomic E-state index is 0.434. The van der Waals surface area contributed by atoms with Crippen LogP contribution in [0.5, 0.6) is 5.75 Å². The number of esters is 1. The topological polar surface area (TPSA) is 83.6 Å². The fourth-order valence-corrected chi connectivity index (χ4v) is 3.48. The number of aryl methyl sites for hydroxylation is 1. The van der Waals surface area contributed by atoms with Crippen molar-refractivity contribution in [1.29, 1.82) is 0 Å². The number of carbonyl (C=O) groups is 2. The van der Waals surface area contributed by atoms with E-state index in [-0.39, 0.29) is 0 Å². The van der Waals surface area contributed by atoms with E-state index in [2.05, 4.69) is 11.5 Å². The molecule has 2 aromatic carbocycles. The summed E-state index contributed by atoms with van der Waals surface area (Å²) >= 11 is 0. The summed E-state index contributed by atoms with van der Waals surface area (Å²) in [7, 11) is 1.34. The molecular weight excluding hydrogens is 368 g/mol. The Morgan fingerprint density at radius 1 is 1.10 bits per heavy atom. The minimum atomic E-state index is -1.08. The highest BCUT2D eigenvalue weighted by Gasteiger charge is 2.31. The van der Waals surface area contributed by atoms with E-state index in [4.69, 9.17) is 15.2 Å². The molecule has 0 unspecified atom stereocenters. The van der Waals surface area contributed by atoms with Crippen molar-refractivity contribution in [3.8, 4) is 5.75 Å². The Kier molecular flexibility index (Phi) is 5.38. The molecule has 0 aliphatic heterocycles. The first-order valence-electron chi connectivity index (χ1n) is 9.39. The maximum absolute atomic E-state index is 11.9. The highest BCUT2D eigenvalue weighted by molar-refractivity contribution is 5.98. The number of fused-ring (bicyclic) bond motifs is 1. The zero-order valence-electron chi connectivity index (χ0n) is 17.4. The first-order valence-corrected chi connectivity index (χ1v) is 9.39. The Morgan fingerprint density at radius 2 is 1.83 bits per heavy atom. The zero-order chi connectivity index (χ0) is 21.3. The van der Waals surface area contributed by atoms with Gasteiger partial charge in [-0.05, 0) is 69.2 Å². The average molecular weight is 394 g/mol. The fraction of sp³-hybridized carbons (Fsp3) is 0.304. The second-order valence-electron chi connectivity index (χ2n) is 7.64. The number of aromatic nitrogens is 1. The van der Waals surface area contributed by atoms with E-state index in [1.807, 2.05) is 43.3 Å². The van der Waals surface area contributed by atoms with Gasteiger partial charge in [0.1, 0.15) is 5.75 Å². The van der Waals surface area contributed by atoms with Crippen LogP contribution in [-0.4, -0.2) is 29.2 Å². The molecule has 0 spiro atoms. The standard InChI is InChI=1S/C23H26N2O4/c1-14-15(2)25(20-10-9-17(21(24)26)12-19(14)20)13-16-7-6-8-18(11-16)29-23(3,4)22(27)28-5/h6-12H,13H2,1-5H3,(H2,24,26). The van der Waals surface area contributed by atoms with Crippen molar-refractivity contribution in [2.24, 2.45) is 5.73 Å². The molecule has 29 heavy (non-hydrogen) atoms. The van der Waals surface area contributed by atoms with Gasteiger partial charge in [-0.1, -0.05) is 12.1 Å². The van der Waals surface area contributed by atoms with Crippen LogP contribution in [0.1, 0.15) is 41.0 Å². The van der Waals surface area contributed by atoms with Crippen LogP contribution in [0.2, 0.25) is 0 Å². The van der Waals surface area contributed by atoms with Gasteiger partial charge in [-0.2, -0.15) is 0 Å². The van der Waals surface area contributed by atoms with Crippen molar-refractivity contribution in [3.63, 3.8) is 0 Å². The summed E-state index contributed by atoms with van der Waals surface area (Å²) in [6, 6.07) is 13.2. The van der Waals surface area contributed by atoms with Crippen LogP contribution in [-0.2, 0) is 16.1 Å². The fourth-order valence-electron chi connectivity index (χ4n) is 3.48. The van der Waals surface area contributed by atoms with Crippen molar-refractivity contribution in [3.05, 3.63) is 64.8 Å². The number of hydrogen-bond acceptors (Lipinski definition) is 4. The molecule has 0 saturated heterocycles. The average Bonchev–Trinajstić information content (AvgIpc) is 2.91. The number of hydrogen-bond donors (Lipinski definition) is 1. The minimum Gasteiger partial charge on any atom is -0.476 e. The molecule has 1 amide bonds. The van der Waals surface area contributed by atoms with Crippen LogP contribution in [0, 0.1) is 13.8 Å². The van der Waals surface area contributed by atoms with E-state index in [1.165, 1.54) is 7.11 Å². The number of rotatable bonds is 6. The van der Waals surface area contributed by atoms with E-state index < -0.39 is 17.5 Å². The molecule has 0 atom stereocenters. The predicted molar refractivity (Wildman–Crippen MR) is 112 cm³/mol. The normalized spacial score (nSPS) is 11.5. The van der Waals surface area contributed by atoms with Crippen molar-refractivity contribution >= 4 is 22.8 Å². The van der Waals surface area contributed by atoms with Gasteiger partial charge >= 0.3 is 5.97 Å². The number of nitrogens with zero attached hydrogens (tertiary/aromatic N) is 1. The summed E-state index contributed by atoms with van der Waals surface area (Å²) < 4.78 is 12.9. The number of ether oxygens (including phenoxy) is 2. The number of methoxy groups -OCH3 is 1.